The van der Waals surface area contributed by atoms with E-state index in [1.165, 1.54) is 0 Å². The summed E-state index contributed by atoms with van der Waals surface area (Å²) in [5, 5.41) is 8.83. The Labute approximate surface area is 97.6 Å². The van der Waals surface area contributed by atoms with Crippen LogP contribution in [0.2, 0.25) is 0 Å². The summed E-state index contributed by atoms with van der Waals surface area (Å²) in [5.74, 6) is -3.11. The lowest BCUT2D eigenvalue weighted by atomic mass is 10.1. The predicted octanol–water partition coefficient (Wildman–Crippen LogP) is 1.05. The fourth-order valence-corrected chi connectivity index (χ4v) is 1.48. The third-order valence-corrected chi connectivity index (χ3v) is 2.38. The van der Waals surface area contributed by atoms with Crippen molar-refractivity contribution in [3.8, 4) is 0 Å². The highest BCUT2D eigenvalue weighted by molar-refractivity contribution is 7.09. The fourth-order valence-electron chi connectivity index (χ4n) is 1.12. The van der Waals surface area contributed by atoms with Gasteiger partial charge in [-0.2, -0.15) is 0 Å². The minimum atomic E-state index is -1.11. The number of halogens is 2. The van der Waals surface area contributed by atoms with Crippen LogP contribution in [-0.4, -0.2) is 20.7 Å². The molecular weight excluding hydrogens is 252 g/mol. The van der Waals surface area contributed by atoms with Gasteiger partial charge in [0.2, 0.25) is 5.13 Å². The van der Waals surface area contributed by atoms with Crippen molar-refractivity contribution in [3.05, 3.63) is 29.3 Å². The van der Waals surface area contributed by atoms with Crippen LogP contribution >= 0.6 is 11.5 Å². The Bertz CT molecular complexity index is 559. The molecule has 2 rings (SSSR count). The molecule has 88 valence electrons. The number of hydrogen-bond donors (Lipinski definition) is 2. The van der Waals surface area contributed by atoms with Crippen molar-refractivity contribution in [2.45, 2.75) is 0 Å². The zero-order valence-electron chi connectivity index (χ0n) is 8.15. The average Bonchev–Trinajstić information content (AvgIpc) is 2.77. The summed E-state index contributed by atoms with van der Waals surface area (Å²) in [6.45, 7) is 0. The molecule has 0 spiro atoms. The van der Waals surface area contributed by atoms with E-state index in [2.05, 4.69) is 20.1 Å². The summed E-state index contributed by atoms with van der Waals surface area (Å²) >= 11 is 0.782. The zero-order valence-corrected chi connectivity index (χ0v) is 8.96. The Hall–Kier alpha value is -2.16. The van der Waals surface area contributed by atoms with Crippen LogP contribution in [0.5, 0.6) is 0 Å². The van der Waals surface area contributed by atoms with Gasteiger partial charge in [0.25, 0.3) is 5.91 Å². The first-order valence-corrected chi connectivity index (χ1v) is 5.07. The number of nitrogens with one attached hydrogen (secondary N) is 1. The number of aromatic nitrogens is 3. The number of nitrogens with zero attached hydrogens (tertiary/aromatic N) is 3. The Morgan fingerprint density at radius 3 is 2.82 bits per heavy atom. The fraction of sp³-hybridized carbons (Fsp3) is 0. The standard InChI is InChI=1S/C8H5F2N5OS/c9-3-1-2-4(11)6(10)5(3)7(16)12-8-13-14-15-17-8/h1-2H,11H2,(H,12,13,15,16). The number of nitrogens with two attached hydrogens (primary N) is 1. The Morgan fingerprint density at radius 2 is 2.18 bits per heavy atom. The van der Waals surface area contributed by atoms with Crippen molar-refractivity contribution in [2.24, 2.45) is 0 Å². The van der Waals surface area contributed by atoms with E-state index in [1.54, 1.807) is 0 Å². The number of carbonyl (C=O) groups is 1. The van der Waals surface area contributed by atoms with Gasteiger partial charge in [0.05, 0.1) is 5.69 Å². The summed E-state index contributed by atoms with van der Waals surface area (Å²) in [7, 11) is 0. The van der Waals surface area contributed by atoms with Crippen molar-refractivity contribution < 1.29 is 13.6 Å². The minimum Gasteiger partial charge on any atom is -0.396 e. The quantitative estimate of drug-likeness (QED) is 0.784. The molecule has 0 saturated heterocycles. The molecule has 6 nitrogen and oxygen atoms in total. The van der Waals surface area contributed by atoms with Gasteiger partial charge >= 0.3 is 0 Å². The van der Waals surface area contributed by atoms with Crippen LogP contribution in [-0.2, 0) is 0 Å². The molecule has 0 aliphatic rings. The summed E-state index contributed by atoms with van der Waals surface area (Å²) in [6, 6.07) is 1.94. The lowest BCUT2D eigenvalue weighted by Gasteiger charge is -2.05. The predicted molar refractivity (Wildman–Crippen MR) is 56.4 cm³/mol. The van der Waals surface area contributed by atoms with E-state index >= 15 is 0 Å². The molecule has 0 bridgehead atoms. The van der Waals surface area contributed by atoms with E-state index in [0.717, 1.165) is 23.7 Å². The molecule has 0 unspecified atom stereocenters. The van der Waals surface area contributed by atoms with E-state index in [9.17, 15) is 13.6 Å². The topological polar surface area (TPSA) is 93.8 Å². The zero-order chi connectivity index (χ0) is 12.4. The van der Waals surface area contributed by atoms with E-state index < -0.39 is 23.1 Å². The molecule has 0 saturated carbocycles. The van der Waals surface area contributed by atoms with Gasteiger partial charge in [-0.1, -0.05) is 9.59 Å². The van der Waals surface area contributed by atoms with Crippen LogP contribution in [0.15, 0.2) is 12.1 Å². The Balaban J connectivity index is 2.34. The minimum absolute atomic E-state index is 0.0382. The van der Waals surface area contributed by atoms with Crippen LogP contribution in [0.3, 0.4) is 0 Å². The second-order valence-electron chi connectivity index (χ2n) is 2.95. The van der Waals surface area contributed by atoms with Crippen LogP contribution in [0.25, 0.3) is 0 Å². The van der Waals surface area contributed by atoms with Gasteiger partial charge in [-0.25, -0.2) is 8.78 Å². The molecular formula is C8H5F2N5OS. The van der Waals surface area contributed by atoms with Gasteiger partial charge < -0.3 is 5.73 Å². The van der Waals surface area contributed by atoms with Gasteiger partial charge in [0.15, 0.2) is 5.82 Å². The summed E-state index contributed by atoms with van der Waals surface area (Å²) < 4.78 is 30.2. The van der Waals surface area contributed by atoms with Gasteiger partial charge in [0, 0.05) is 11.5 Å². The highest BCUT2D eigenvalue weighted by Gasteiger charge is 2.20. The molecule has 1 heterocycles. The molecule has 1 amide bonds. The number of benzene rings is 1. The van der Waals surface area contributed by atoms with Crippen molar-refractivity contribution >= 4 is 28.3 Å². The third kappa shape index (κ3) is 2.18. The highest BCUT2D eigenvalue weighted by atomic mass is 32.1. The number of rotatable bonds is 2. The van der Waals surface area contributed by atoms with Crippen LogP contribution in [0.4, 0.5) is 19.6 Å². The van der Waals surface area contributed by atoms with Crippen LogP contribution in [0, 0.1) is 11.6 Å². The van der Waals surface area contributed by atoms with Gasteiger partial charge in [-0.15, -0.1) is 0 Å². The maximum absolute atomic E-state index is 13.5. The molecule has 0 radical (unpaired) electrons. The first-order valence-electron chi connectivity index (χ1n) is 4.29. The van der Waals surface area contributed by atoms with Crippen molar-refractivity contribution in [1.29, 1.82) is 0 Å². The highest BCUT2D eigenvalue weighted by Crippen LogP contribution is 2.20. The SMILES string of the molecule is Nc1ccc(F)c(C(=O)Nc2nnns2)c1F. The molecule has 0 aliphatic carbocycles. The number of nitrogen functional groups attached to an aromatic ring is 1. The molecule has 1 aromatic heterocycles. The first kappa shape index (κ1) is 11.3. The number of hydrogen-bond acceptors (Lipinski definition) is 6. The first-order chi connectivity index (χ1) is 8.09. The molecule has 2 aromatic rings. The Kier molecular flexibility index (Phi) is 2.91. The smallest absolute Gasteiger partial charge is 0.263 e. The number of anilines is 2. The average molecular weight is 257 g/mol. The Morgan fingerprint density at radius 1 is 1.41 bits per heavy atom. The lowest BCUT2D eigenvalue weighted by Crippen LogP contribution is -2.16. The second-order valence-corrected chi connectivity index (χ2v) is 3.68. The molecule has 9 heteroatoms. The van der Waals surface area contributed by atoms with E-state index in [1.807, 2.05) is 0 Å². The molecule has 0 fully saturated rings. The van der Waals surface area contributed by atoms with Crippen molar-refractivity contribution in [3.63, 3.8) is 0 Å². The van der Waals surface area contributed by atoms with Gasteiger partial charge in [0.1, 0.15) is 11.4 Å². The molecule has 3 N–H and O–H groups in total. The van der Waals surface area contributed by atoms with Gasteiger partial charge in [-0.05, 0) is 17.3 Å². The number of amides is 1. The molecule has 0 aliphatic heterocycles. The lowest BCUT2D eigenvalue weighted by molar-refractivity contribution is 0.101. The van der Waals surface area contributed by atoms with E-state index in [4.69, 9.17) is 5.73 Å². The van der Waals surface area contributed by atoms with Crippen LogP contribution in [0.1, 0.15) is 10.4 Å². The molecule has 0 atom stereocenters. The van der Waals surface area contributed by atoms with E-state index in [-0.39, 0.29) is 10.8 Å². The van der Waals surface area contributed by atoms with Crippen molar-refractivity contribution in [1.82, 2.24) is 14.8 Å². The maximum atomic E-state index is 13.5. The number of carbonyl (C=O) groups excluding carboxylic acids is 1. The largest absolute Gasteiger partial charge is 0.396 e. The second kappa shape index (κ2) is 4.37. The normalized spacial score (nSPS) is 10.2. The molecule has 17 heavy (non-hydrogen) atoms. The summed E-state index contributed by atoms with van der Waals surface area (Å²) in [6.07, 6.45) is 0. The monoisotopic (exact) mass is 257 g/mol. The summed E-state index contributed by atoms with van der Waals surface area (Å²) in [4.78, 5) is 11.6. The van der Waals surface area contributed by atoms with Gasteiger partial charge in [-0.3, -0.25) is 10.1 Å². The van der Waals surface area contributed by atoms with Crippen LogP contribution < -0.4 is 11.1 Å². The molecule has 1 aromatic carbocycles. The maximum Gasteiger partial charge on any atom is 0.263 e. The van der Waals surface area contributed by atoms with E-state index in [0.29, 0.717) is 0 Å². The van der Waals surface area contributed by atoms with Crippen molar-refractivity contribution in [2.75, 3.05) is 11.1 Å². The third-order valence-electron chi connectivity index (χ3n) is 1.87. The summed E-state index contributed by atoms with van der Waals surface area (Å²) in [5.41, 5.74) is 4.16.